The van der Waals surface area contributed by atoms with E-state index in [4.69, 9.17) is 14.2 Å². The van der Waals surface area contributed by atoms with Gasteiger partial charge in [-0.15, -0.1) is 0 Å². The Morgan fingerprint density at radius 2 is 1.39 bits per heavy atom. The Hall–Kier alpha value is -1.49. The molecule has 184 valence electrons. The van der Waals surface area contributed by atoms with Crippen LogP contribution in [0.25, 0.3) is 10.9 Å². The fourth-order valence-corrected chi connectivity index (χ4v) is 5.02. The van der Waals surface area contributed by atoms with Crippen molar-refractivity contribution in [2.24, 2.45) is 0 Å². The minimum Gasteiger partial charge on any atom is -0.459 e. The molecule has 9 N–H and O–H groups in total. The molecule has 2 aliphatic heterocycles. The van der Waals surface area contributed by atoms with Crippen LogP contribution in [0.15, 0.2) is 29.3 Å². The lowest BCUT2D eigenvalue weighted by molar-refractivity contribution is -0.277. The SMILES string of the molecule is OCC1O[C@@H](Oc2c(S[C@@H]3OC(CO)[C@H](O)C(O)C3O)[nH]c3ccccc23)C(O)C(O)[C@H]1O. The average molecular weight is 489 g/mol. The molecule has 3 heterocycles. The standard InChI is InChI=1S/C20H27NO11S/c22-5-9-11(24)13(26)15(28)19(30-9)32-17-7-3-1-2-4-8(7)21-18(17)33-20-16(29)14(27)12(25)10(6-23)31-20/h1-4,9-16,19-29H,5-6H2/t9?,10?,11-,12-,13?,14?,15?,16?,19-,20-/m0/s1. The largest absolute Gasteiger partial charge is 0.459 e. The second kappa shape index (κ2) is 10.0. The molecule has 1 aromatic carbocycles. The average Bonchev–Trinajstić information content (AvgIpc) is 3.16. The Balaban J connectivity index is 1.64. The molecular weight excluding hydrogens is 462 g/mol. The highest BCUT2D eigenvalue weighted by atomic mass is 32.2. The third-order valence-corrected chi connectivity index (χ3v) is 6.94. The Morgan fingerprint density at radius 1 is 0.788 bits per heavy atom. The van der Waals surface area contributed by atoms with Crippen molar-refractivity contribution in [3.8, 4) is 5.75 Å². The molecule has 0 amide bonds. The van der Waals surface area contributed by atoms with Crippen LogP contribution in [0.3, 0.4) is 0 Å². The van der Waals surface area contributed by atoms with Gasteiger partial charge in [0.2, 0.25) is 6.29 Å². The van der Waals surface area contributed by atoms with E-state index in [1.807, 2.05) is 0 Å². The molecule has 0 radical (unpaired) electrons. The van der Waals surface area contributed by atoms with E-state index in [0.717, 1.165) is 11.8 Å². The number of aliphatic hydroxyl groups is 8. The Labute approximate surface area is 192 Å². The first-order valence-corrected chi connectivity index (χ1v) is 11.2. The molecule has 2 saturated heterocycles. The predicted molar refractivity (Wildman–Crippen MR) is 112 cm³/mol. The van der Waals surface area contributed by atoms with Crippen molar-refractivity contribution < 1.29 is 55.1 Å². The van der Waals surface area contributed by atoms with E-state index < -0.39 is 73.8 Å². The van der Waals surface area contributed by atoms with Crippen LogP contribution in [0.4, 0.5) is 0 Å². The molecule has 0 saturated carbocycles. The van der Waals surface area contributed by atoms with Crippen LogP contribution in [0.5, 0.6) is 5.75 Å². The molecule has 2 fully saturated rings. The maximum absolute atomic E-state index is 10.4. The van der Waals surface area contributed by atoms with Crippen LogP contribution in [-0.4, -0.2) is 120 Å². The summed E-state index contributed by atoms with van der Waals surface area (Å²) in [7, 11) is 0. The normalized spacial score (nSPS) is 39.6. The minimum absolute atomic E-state index is 0.164. The summed E-state index contributed by atoms with van der Waals surface area (Å²) in [5, 5.41) is 80.6. The third-order valence-electron chi connectivity index (χ3n) is 5.79. The number of aliphatic hydroxyl groups excluding tert-OH is 8. The highest BCUT2D eigenvalue weighted by molar-refractivity contribution is 7.99. The quantitative estimate of drug-likeness (QED) is 0.202. The molecule has 4 rings (SSSR count). The smallest absolute Gasteiger partial charge is 0.229 e. The molecule has 0 aliphatic carbocycles. The second-order valence-corrected chi connectivity index (χ2v) is 9.07. The van der Waals surface area contributed by atoms with Gasteiger partial charge in [0.05, 0.1) is 18.7 Å². The zero-order chi connectivity index (χ0) is 23.9. The molecule has 10 atom stereocenters. The minimum atomic E-state index is -1.64. The molecule has 12 nitrogen and oxygen atoms in total. The van der Waals surface area contributed by atoms with Gasteiger partial charge in [-0.1, -0.05) is 23.9 Å². The number of nitrogens with one attached hydrogen (secondary N) is 1. The molecule has 2 aliphatic rings. The van der Waals surface area contributed by atoms with Crippen molar-refractivity contribution in [1.29, 1.82) is 0 Å². The van der Waals surface area contributed by atoms with E-state index in [1.54, 1.807) is 24.3 Å². The van der Waals surface area contributed by atoms with Crippen LogP contribution >= 0.6 is 11.8 Å². The number of aromatic amines is 1. The number of hydrogen-bond donors (Lipinski definition) is 9. The third kappa shape index (κ3) is 4.59. The topological polar surface area (TPSA) is 205 Å². The molecule has 1 aromatic heterocycles. The number of thioether (sulfide) groups is 1. The van der Waals surface area contributed by atoms with Crippen molar-refractivity contribution in [2.45, 2.75) is 65.6 Å². The van der Waals surface area contributed by atoms with E-state index >= 15 is 0 Å². The van der Waals surface area contributed by atoms with Crippen molar-refractivity contribution in [3.63, 3.8) is 0 Å². The maximum atomic E-state index is 10.4. The van der Waals surface area contributed by atoms with Gasteiger partial charge in [-0.05, 0) is 12.1 Å². The fourth-order valence-electron chi connectivity index (χ4n) is 3.85. The number of rotatable bonds is 6. The monoisotopic (exact) mass is 489 g/mol. The lowest BCUT2D eigenvalue weighted by Crippen LogP contribution is -2.60. The van der Waals surface area contributed by atoms with Gasteiger partial charge in [0.15, 0.2) is 5.75 Å². The second-order valence-electron chi connectivity index (χ2n) is 7.96. The number of fused-ring (bicyclic) bond motifs is 1. The van der Waals surface area contributed by atoms with Gasteiger partial charge in [-0.3, -0.25) is 0 Å². The van der Waals surface area contributed by atoms with Crippen molar-refractivity contribution in [2.75, 3.05) is 13.2 Å². The van der Waals surface area contributed by atoms with Crippen molar-refractivity contribution in [1.82, 2.24) is 4.98 Å². The van der Waals surface area contributed by atoms with Gasteiger partial charge < -0.3 is 60.0 Å². The van der Waals surface area contributed by atoms with E-state index in [1.165, 1.54) is 0 Å². The van der Waals surface area contributed by atoms with Crippen molar-refractivity contribution >= 4 is 22.7 Å². The maximum Gasteiger partial charge on any atom is 0.229 e. The molecule has 33 heavy (non-hydrogen) atoms. The summed E-state index contributed by atoms with van der Waals surface area (Å²) in [6.45, 7) is -1.20. The first-order valence-electron chi connectivity index (χ1n) is 10.3. The number of ether oxygens (including phenoxy) is 3. The first kappa shape index (κ1) is 24.6. The number of H-pyrrole nitrogens is 1. The fraction of sp³-hybridized carbons (Fsp3) is 0.600. The predicted octanol–water partition coefficient (Wildman–Crippen LogP) is -2.76. The van der Waals surface area contributed by atoms with E-state index in [-0.39, 0.29) is 5.75 Å². The zero-order valence-corrected chi connectivity index (χ0v) is 18.0. The van der Waals surface area contributed by atoms with Gasteiger partial charge in [-0.2, -0.15) is 0 Å². The highest BCUT2D eigenvalue weighted by Crippen LogP contribution is 2.42. The van der Waals surface area contributed by atoms with Gasteiger partial charge in [0, 0.05) is 5.39 Å². The first-order chi connectivity index (χ1) is 15.8. The van der Waals surface area contributed by atoms with E-state index in [2.05, 4.69) is 4.98 Å². The molecule has 0 spiro atoms. The van der Waals surface area contributed by atoms with Crippen LogP contribution in [0.1, 0.15) is 0 Å². The van der Waals surface area contributed by atoms with Crippen LogP contribution in [-0.2, 0) is 9.47 Å². The molecule has 0 bridgehead atoms. The van der Waals surface area contributed by atoms with Crippen LogP contribution in [0, 0.1) is 0 Å². The van der Waals surface area contributed by atoms with Crippen molar-refractivity contribution in [3.05, 3.63) is 24.3 Å². The highest BCUT2D eigenvalue weighted by Gasteiger charge is 2.46. The van der Waals surface area contributed by atoms with E-state index in [0.29, 0.717) is 15.9 Å². The summed E-state index contributed by atoms with van der Waals surface area (Å²) in [6, 6.07) is 6.95. The summed E-state index contributed by atoms with van der Waals surface area (Å²) >= 11 is 0.914. The molecule has 13 heteroatoms. The van der Waals surface area contributed by atoms with Crippen LogP contribution < -0.4 is 4.74 Å². The number of benzene rings is 1. The van der Waals surface area contributed by atoms with E-state index in [9.17, 15) is 40.9 Å². The summed E-state index contributed by atoms with van der Waals surface area (Å²) in [5.74, 6) is 0.164. The summed E-state index contributed by atoms with van der Waals surface area (Å²) in [4.78, 5) is 3.08. The number of hydrogen-bond acceptors (Lipinski definition) is 12. The molecular formula is C20H27NO11S. The van der Waals surface area contributed by atoms with Gasteiger partial charge in [-0.25, -0.2) is 0 Å². The van der Waals surface area contributed by atoms with Gasteiger partial charge in [0.1, 0.15) is 59.3 Å². The number of para-hydroxylation sites is 1. The summed E-state index contributed by atoms with van der Waals surface area (Å²) < 4.78 is 16.9. The lowest BCUT2D eigenvalue weighted by Gasteiger charge is -2.40. The Morgan fingerprint density at radius 3 is 2.06 bits per heavy atom. The Bertz CT molecular complexity index is 940. The molecule has 6 unspecified atom stereocenters. The zero-order valence-electron chi connectivity index (χ0n) is 17.2. The summed E-state index contributed by atoms with van der Waals surface area (Å²) in [6.07, 6.45) is -13.1. The molecule has 2 aromatic rings. The van der Waals surface area contributed by atoms with Gasteiger partial charge in [0.25, 0.3) is 0 Å². The van der Waals surface area contributed by atoms with Crippen LogP contribution in [0.2, 0.25) is 0 Å². The number of aromatic nitrogens is 1. The lowest BCUT2D eigenvalue weighted by atomic mass is 9.99. The van der Waals surface area contributed by atoms with Gasteiger partial charge >= 0.3 is 0 Å². The summed E-state index contributed by atoms with van der Waals surface area (Å²) in [5.41, 5.74) is -0.491. The Kier molecular flexibility index (Phi) is 7.47.